The van der Waals surface area contributed by atoms with E-state index in [9.17, 15) is 4.79 Å². The van der Waals surface area contributed by atoms with Crippen molar-refractivity contribution in [2.24, 2.45) is 17.8 Å². The Bertz CT molecular complexity index is 282. The number of rotatable bonds is 6. The molecule has 2 aliphatic carbocycles. The first-order valence-electron chi connectivity index (χ1n) is 8.15. The molecule has 2 nitrogen and oxygen atoms in total. The largest absolute Gasteiger partial charge is 0.356 e. The van der Waals surface area contributed by atoms with Crippen molar-refractivity contribution in [1.29, 1.82) is 0 Å². The number of carbonyl (C=O) groups is 1. The highest BCUT2D eigenvalue weighted by molar-refractivity contribution is 6.17. The number of unbranched alkanes of at least 4 members (excludes halogenated alkanes) is 2. The molecule has 2 aliphatic rings. The van der Waals surface area contributed by atoms with Gasteiger partial charge in [0.1, 0.15) is 0 Å². The third kappa shape index (κ3) is 4.66. The summed E-state index contributed by atoms with van der Waals surface area (Å²) >= 11 is 5.64. The predicted octanol–water partition coefficient (Wildman–Crippen LogP) is 4.12. The monoisotopic (exact) mass is 285 g/mol. The molecule has 1 amide bonds. The van der Waals surface area contributed by atoms with Crippen molar-refractivity contribution in [3.05, 3.63) is 0 Å². The lowest BCUT2D eigenvalue weighted by molar-refractivity contribution is -0.127. The van der Waals surface area contributed by atoms with Gasteiger partial charge in [-0.1, -0.05) is 32.1 Å². The molecular weight excluding hydrogens is 258 g/mol. The number of carbonyl (C=O) groups excluding carboxylic acids is 1. The maximum absolute atomic E-state index is 12.2. The van der Waals surface area contributed by atoms with E-state index in [4.69, 9.17) is 11.6 Å². The summed E-state index contributed by atoms with van der Waals surface area (Å²) in [5.74, 6) is 3.12. The summed E-state index contributed by atoms with van der Waals surface area (Å²) in [4.78, 5) is 12.2. The number of hydrogen-bond acceptors (Lipinski definition) is 1. The molecule has 0 heterocycles. The third-order valence-electron chi connectivity index (χ3n) is 5.02. The molecule has 0 aromatic heterocycles. The van der Waals surface area contributed by atoms with Gasteiger partial charge >= 0.3 is 0 Å². The lowest BCUT2D eigenvalue weighted by Gasteiger charge is -2.38. The van der Waals surface area contributed by atoms with E-state index < -0.39 is 0 Å². The van der Waals surface area contributed by atoms with Crippen LogP contribution in [-0.2, 0) is 4.79 Å². The van der Waals surface area contributed by atoms with Crippen LogP contribution in [0.1, 0.15) is 64.2 Å². The molecule has 0 bridgehead atoms. The van der Waals surface area contributed by atoms with Crippen LogP contribution in [0.25, 0.3) is 0 Å². The van der Waals surface area contributed by atoms with Gasteiger partial charge in [-0.15, -0.1) is 11.6 Å². The van der Waals surface area contributed by atoms with Gasteiger partial charge in [0.2, 0.25) is 5.91 Å². The van der Waals surface area contributed by atoms with Crippen molar-refractivity contribution in [3.8, 4) is 0 Å². The van der Waals surface area contributed by atoms with Gasteiger partial charge in [0.05, 0.1) is 0 Å². The molecule has 0 aliphatic heterocycles. The molecule has 1 N–H and O–H groups in total. The molecule has 0 aromatic rings. The minimum Gasteiger partial charge on any atom is -0.356 e. The molecule has 0 aromatic carbocycles. The number of halogens is 1. The van der Waals surface area contributed by atoms with E-state index in [0.29, 0.717) is 11.8 Å². The zero-order chi connectivity index (χ0) is 13.5. The highest BCUT2D eigenvalue weighted by Crippen LogP contribution is 2.42. The molecule has 3 atom stereocenters. The molecule has 3 heteroatoms. The summed E-state index contributed by atoms with van der Waals surface area (Å²) in [6.45, 7) is 0.834. The van der Waals surface area contributed by atoms with Crippen molar-refractivity contribution < 1.29 is 4.79 Å². The first-order chi connectivity index (χ1) is 9.31. The lowest BCUT2D eigenvalue weighted by atomic mass is 9.67. The van der Waals surface area contributed by atoms with Gasteiger partial charge < -0.3 is 5.32 Å². The number of fused-ring (bicyclic) bond motifs is 1. The van der Waals surface area contributed by atoms with E-state index in [1.165, 1.54) is 32.1 Å². The van der Waals surface area contributed by atoms with Gasteiger partial charge in [0.25, 0.3) is 0 Å². The molecule has 0 radical (unpaired) electrons. The molecule has 3 unspecified atom stereocenters. The van der Waals surface area contributed by atoms with Gasteiger partial charge in [-0.25, -0.2) is 0 Å². The van der Waals surface area contributed by atoms with Gasteiger partial charge in [-0.2, -0.15) is 0 Å². The summed E-state index contributed by atoms with van der Waals surface area (Å²) in [6, 6.07) is 0. The van der Waals surface area contributed by atoms with Gasteiger partial charge in [0.15, 0.2) is 0 Å². The van der Waals surface area contributed by atoms with Crippen LogP contribution in [0.2, 0.25) is 0 Å². The van der Waals surface area contributed by atoms with Crippen LogP contribution in [0, 0.1) is 17.8 Å². The fourth-order valence-corrected chi connectivity index (χ4v) is 4.05. The standard InChI is InChI=1S/C16H28ClNO/c17-10-4-1-5-11-18-16(19)15-9-8-13-6-2-3-7-14(13)12-15/h13-15H,1-12H2,(H,18,19). The Morgan fingerprint density at radius 3 is 2.58 bits per heavy atom. The Hall–Kier alpha value is -0.240. The molecule has 2 fully saturated rings. The van der Waals surface area contributed by atoms with Crippen LogP contribution in [0.15, 0.2) is 0 Å². The Morgan fingerprint density at radius 1 is 1.00 bits per heavy atom. The topological polar surface area (TPSA) is 29.1 Å². The van der Waals surface area contributed by atoms with Crippen LogP contribution in [-0.4, -0.2) is 18.3 Å². The van der Waals surface area contributed by atoms with E-state index in [1.807, 2.05) is 0 Å². The highest BCUT2D eigenvalue weighted by atomic mass is 35.5. The average Bonchev–Trinajstić information content (AvgIpc) is 2.46. The van der Waals surface area contributed by atoms with E-state index >= 15 is 0 Å². The molecule has 19 heavy (non-hydrogen) atoms. The lowest BCUT2D eigenvalue weighted by Crippen LogP contribution is -2.37. The van der Waals surface area contributed by atoms with Crippen LogP contribution in [0.5, 0.6) is 0 Å². The molecule has 0 saturated heterocycles. The van der Waals surface area contributed by atoms with E-state index in [2.05, 4.69) is 5.32 Å². The second-order valence-corrected chi connectivity index (χ2v) is 6.73. The van der Waals surface area contributed by atoms with E-state index in [1.54, 1.807) is 0 Å². The molecule has 2 rings (SSSR count). The van der Waals surface area contributed by atoms with Crippen LogP contribution in [0.3, 0.4) is 0 Å². The van der Waals surface area contributed by atoms with Crippen LogP contribution >= 0.6 is 11.6 Å². The highest BCUT2D eigenvalue weighted by Gasteiger charge is 2.34. The minimum atomic E-state index is 0.298. The predicted molar refractivity (Wildman–Crippen MR) is 80.4 cm³/mol. The first kappa shape index (κ1) is 15.2. The maximum atomic E-state index is 12.2. The van der Waals surface area contributed by atoms with E-state index in [-0.39, 0.29) is 0 Å². The quantitative estimate of drug-likeness (QED) is 0.577. The zero-order valence-corrected chi connectivity index (χ0v) is 12.8. The number of hydrogen-bond donors (Lipinski definition) is 1. The number of nitrogens with one attached hydrogen (secondary N) is 1. The number of amides is 1. The summed E-state index contributed by atoms with van der Waals surface area (Å²) in [5.41, 5.74) is 0. The van der Waals surface area contributed by atoms with Gasteiger partial charge in [-0.05, 0) is 43.9 Å². The summed E-state index contributed by atoms with van der Waals surface area (Å²) in [5, 5.41) is 3.12. The number of alkyl halides is 1. The third-order valence-corrected chi connectivity index (χ3v) is 5.29. The first-order valence-corrected chi connectivity index (χ1v) is 8.68. The zero-order valence-electron chi connectivity index (χ0n) is 12.0. The normalized spacial score (nSPS) is 30.7. The molecular formula is C16H28ClNO. The SMILES string of the molecule is O=C(NCCCCCCl)C1CCC2CCCCC2C1. The van der Waals surface area contributed by atoms with Crippen molar-refractivity contribution in [2.45, 2.75) is 64.2 Å². The fraction of sp³-hybridized carbons (Fsp3) is 0.938. The van der Waals surface area contributed by atoms with Gasteiger partial charge in [-0.3, -0.25) is 4.79 Å². The maximum Gasteiger partial charge on any atom is 0.223 e. The van der Waals surface area contributed by atoms with Crippen LogP contribution in [0.4, 0.5) is 0 Å². The summed E-state index contributed by atoms with van der Waals surface area (Å²) in [7, 11) is 0. The van der Waals surface area contributed by atoms with Gasteiger partial charge in [0, 0.05) is 18.3 Å². The summed E-state index contributed by atoms with van der Waals surface area (Å²) in [6.07, 6.45) is 12.4. The van der Waals surface area contributed by atoms with Crippen LogP contribution < -0.4 is 5.32 Å². The Kier molecular flexibility index (Phi) is 6.49. The summed E-state index contributed by atoms with van der Waals surface area (Å²) < 4.78 is 0. The smallest absolute Gasteiger partial charge is 0.223 e. The van der Waals surface area contributed by atoms with Crippen molar-refractivity contribution in [1.82, 2.24) is 5.32 Å². The minimum absolute atomic E-state index is 0.298. The Balaban J connectivity index is 1.65. The average molecular weight is 286 g/mol. The molecule has 110 valence electrons. The fourth-order valence-electron chi connectivity index (χ4n) is 3.86. The Labute approximate surface area is 122 Å². The Morgan fingerprint density at radius 2 is 1.79 bits per heavy atom. The second-order valence-electron chi connectivity index (χ2n) is 6.36. The molecule has 2 saturated carbocycles. The van der Waals surface area contributed by atoms with Crippen molar-refractivity contribution in [3.63, 3.8) is 0 Å². The molecule has 0 spiro atoms. The van der Waals surface area contributed by atoms with E-state index in [0.717, 1.165) is 56.4 Å². The van der Waals surface area contributed by atoms with Crippen molar-refractivity contribution >= 4 is 17.5 Å². The van der Waals surface area contributed by atoms with Crippen molar-refractivity contribution in [2.75, 3.05) is 12.4 Å². The second kappa shape index (κ2) is 8.14.